The second-order valence-corrected chi connectivity index (χ2v) is 7.19. The predicted molar refractivity (Wildman–Crippen MR) is 113 cm³/mol. The smallest absolute Gasteiger partial charge is 0.322 e. The minimum atomic E-state index is -0.516. The van der Waals surface area contributed by atoms with E-state index in [0.29, 0.717) is 11.8 Å². The number of carbonyl (C=O) groups excluding carboxylic acids is 1. The van der Waals surface area contributed by atoms with Gasteiger partial charge in [-0.15, -0.1) is 17.4 Å². The van der Waals surface area contributed by atoms with Crippen molar-refractivity contribution in [2.45, 2.75) is 80.4 Å². The van der Waals surface area contributed by atoms with Crippen LogP contribution in [0.3, 0.4) is 0 Å². The van der Waals surface area contributed by atoms with Crippen LogP contribution >= 0.6 is 0 Å². The number of terminal acetylenes is 1. The molecule has 0 fully saturated rings. The molecule has 28 heavy (non-hydrogen) atoms. The molecule has 1 atom stereocenters. The first-order chi connectivity index (χ1) is 13.1. The van der Waals surface area contributed by atoms with E-state index in [2.05, 4.69) is 29.5 Å². The van der Waals surface area contributed by atoms with Crippen LogP contribution in [0.15, 0.2) is 24.0 Å². The molecule has 1 rings (SSSR count). The Hall–Kier alpha value is -2.55. The highest BCUT2D eigenvalue weighted by Crippen LogP contribution is 2.18. The van der Waals surface area contributed by atoms with Crippen molar-refractivity contribution in [3.05, 3.63) is 29.8 Å². The van der Waals surface area contributed by atoms with Crippen LogP contribution in [0, 0.1) is 18.3 Å². The molecule has 156 valence electrons. The number of rotatable bonds is 8. The van der Waals surface area contributed by atoms with Crippen LogP contribution in [0.25, 0.3) is 0 Å². The number of hydrogen-bond acceptors (Lipinski definition) is 5. The highest BCUT2D eigenvalue weighted by molar-refractivity contribution is 5.74. The minimum Gasteiger partial charge on any atom is -0.460 e. The molecular weight excluding hydrogens is 354 g/mol. The van der Waals surface area contributed by atoms with E-state index in [0.717, 1.165) is 25.2 Å². The van der Waals surface area contributed by atoms with E-state index in [1.165, 1.54) is 0 Å². The van der Waals surface area contributed by atoms with Crippen LogP contribution in [0.1, 0.15) is 67.6 Å². The number of aromatic nitrogens is 3. The summed E-state index contributed by atoms with van der Waals surface area (Å²) in [6.45, 7) is 15.8. The highest BCUT2D eigenvalue weighted by Gasteiger charge is 2.21. The number of carbonyl (C=O) groups is 1. The summed E-state index contributed by atoms with van der Waals surface area (Å²) in [7, 11) is 0. The van der Waals surface area contributed by atoms with Gasteiger partial charge in [-0.2, -0.15) is 0 Å². The van der Waals surface area contributed by atoms with Crippen molar-refractivity contribution in [2.24, 2.45) is 5.92 Å². The minimum absolute atomic E-state index is 0.289. The van der Waals surface area contributed by atoms with Gasteiger partial charge >= 0.3 is 12.0 Å². The van der Waals surface area contributed by atoms with Gasteiger partial charge in [0.25, 0.3) is 0 Å². The third-order valence-corrected chi connectivity index (χ3v) is 3.29. The van der Waals surface area contributed by atoms with Crippen LogP contribution in [-0.2, 0) is 22.5 Å². The SMILES string of the molecule is C#CC.C/C=C\C(=C/C(C)C(=O)OC(C)(C)C)Oc1nnc(CC)n1CCC. The summed E-state index contributed by atoms with van der Waals surface area (Å²) in [4.78, 5) is 12.2. The van der Waals surface area contributed by atoms with E-state index in [1.807, 2.05) is 45.3 Å². The molecule has 6 nitrogen and oxygen atoms in total. The largest absolute Gasteiger partial charge is 0.460 e. The Kier molecular flexibility index (Phi) is 11.6. The van der Waals surface area contributed by atoms with Crippen LogP contribution in [0.2, 0.25) is 0 Å². The van der Waals surface area contributed by atoms with Gasteiger partial charge < -0.3 is 9.47 Å². The maximum Gasteiger partial charge on any atom is 0.322 e. The van der Waals surface area contributed by atoms with Crippen LogP contribution in [-0.4, -0.2) is 26.3 Å². The van der Waals surface area contributed by atoms with E-state index < -0.39 is 11.5 Å². The van der Waals surface area contributed by atoms with Crippen molar-refractivity contribution in [3.63, 3.8) is 0 Å². The summed E-state index contributed by atoms with van der Waals surface area (Å²) >= 11 is 0. The average Bonchev–Trinajstić information content (AvgIpc) is 2.96. The van der Waals surface area contributed by atoms with Gasteiger partial charge in [0, 0.05) is 13.0 Å². The monoisotopic (exact) mass is 389 g/mol. The highest BCUT2D eigenvalue weighted by atomic mass is 16.6. The summed E-state index contributed by atoms with van der Waals surface area (Å²) in [5.41, 5.74) is -0.516. The molecule has 0 saturated heterocycles. The summed E-state index contributed by atoms with van der Waals surface area (Å²) in [6, 6.07) is 0.444. The lowest BCUT2D eigenvalue weighted by molar-refractivity contribution is -0.157. The van der Waals surface area contributed by atoms with Gasteiger partial charge in [-0.3, -0.25) is 9.36 Å². The second-order valence-electron chi connectivity index (χ2n) is 7.19. The van der Waals surface area contributed by atoms with Crippen LogP contribution in [0.5, 0.6) is 6.01 Å². The van der Waals surface area contributed by atoms with Crippen molar-refractivity contribution < 1.29 is 14.3 Å². The molecule has 0 saturated carbocycles. The summed E-state index contributed by atoms with van der Waals surface area (Å²) in [6.07, 6.45) is 11.7. The molecule has 1 unspecified atom stereocenters. The number of ether oxygens (including phenoxy) is 2. The van der Waals surface area contributed by atoms with E-state index in [-0.39, 0.29) is 5.97 Å². The third-order valence-electron chi connectivity index (χ3n) is 3.29. The second kappa shape index (κ2) is 12.8. The first-order valence-electron chi connectivity index (χ1n) is 9.68. The predicted octanol–water partition coefficient (Wildman–Crippen LogP) is 4.71. The molecule has 0 aromatic carbocycles. The first-order valence-corrected chi connectivity index (χ1v) is 9.68. The van der Waals surface area contributed by atoms with Crippen molar-refractivity contribution in [1.82, 2.24) is 14.8 Å². The zero-order valence-electron chi connectivity index (χ0n) is 18.6. The fraction of sp³-hybridized carbons (Fsp3) is 0.591. The molecule has 0 bridgehead atoms. The number of nitrogens with zero attached hydrogens (tertiary/aromatic N) is 3. The molecule has 0 aliphatic carbocycles. The lowest BCUT2D eigenvalue weighted by Crippen LogP contribution is -2.27. The molecule has 0 aliphatic rings. The maximum atomic E-state index is 12.2. The van der Waals surface area contributed by atoms with Gasteiger partial charge in [0.1, 0.15) is 17.2 Å². The topological polar surface area (TPSA) is 66.2 Å². The molecule has 0 spiro atoms. The van der Waals surface area contributed by atoms with Crippen LogP contribution in [0.4, 0.5) is 0 Å². The van der Waals surface area contributed by atoms with Gasteiger partial charge in [-0.05, 0) is 60.1 Å². The van der Waals surface area contributed by atoms with E-state index >= 15 is 0 Å². The van der Waals surface area contributed by atoms with Crippen molar-refractivity contribution in [2.75, 3.05) is 0 Å². The molecule has 0 amide bonds. The zero-order valence-corrected chi connectivity index (χ0v) is 18.6. The van der Waals surface area contributed by atoms with Crippen molar-refractivity contribution >= 4 is 5.97 Å². The quantitative estimate of drug-likeness (QED) is 0.279. The Morgan fingerprint density at radius 1 is 1.32 bits per heavy atom. The fourth-order valence-corrected chi connectivity index (χ4v) is 2.21. The molecular formula is C22H35N3O3. The van der Waals surface area contributed by atoms with E-state index in [9.17, 15) is 4.79 Å². The van der Waals surface area contributed by atoms with Gasteiger partial charge in [0.05, 0.1) is 5.92 Å². The Labute approximate surface area is 170 Å². The Bertz CT molecular complexity index is 704. The summed E-state index contributed by atoms with van der Waals surface area (Å²) in [5.74, 6) is 2.96. The van der Waals surface area contributed by atoms with Gasteiger partial charge in [-0.25, -0.2) is 0 Å². The summed E-state index contributed by atoms with van der Waals surface area (Å²) in [5, 5.41) is 8.31. The molecule has 0 N–H and O–H groups in total. The van der Waals surface area contributed by atoms with Gasteiger partial charge in [0.15, 0.2) is 0 Å². The van der Waals surface area contributed by atoms with Crippen molar-refractivity contribution in [1.29, 1.82) is 0 Å². The van der Waals surface area contributed by atoms with E-state index in [4.69, 9.17) is 9.47 Å². The normalized spacial score (nSPS) is 12.8. The van der Waals surface area contributed by atoms with Gasteiger partial charge in [-0.1, -0.05) is 25.0 Å². The average molecular weight is 390 g/mol. The third kappa shape index (κ3) is 9.40. The van der Waals surface area contributed by atoms with Gasteiger partial charge in [0.2, 0.25) is 0 Å². The summed E-state index contributed by atoms with van der Waals surface area (Å²) < 4.78 is 13.3. The lowest BCUT2D eigenvalue weighted by atomic mass is 10.1. The standard InChI is InChI=1S/C19H31N3O3.C3H4/c1-8-11-15(13-14(4)17(23)25-19(5,6)7)24-18-21-20-16(10-3)22(18)12-9-2;1-3-2/h8,11,13-14H,9-10,12H2,1-7H3;1H,2H3/b11-8-,15-13+;. The number of esters is 1. The molecule has 1 aromatic heterocycles. The number of aryl methyl sites for hydroxylation is 1. The maximum absolute atomic E-state index is 12.2. The molecule has 0 aliphatic heterocycles. The zero-order chi connectivity index (χ0) is 21.7. The Balaban J connectivity index is 0.00000227. The van der Waals surface area contributed by atoms with E-state index in [1.54, 1.807) is 26.0 Å². The molecule has 1 aromatic rings. The van der Waals surface area contributed by atoms with Crippen molar-refractivity contribution in [3.8, 4) is 18.4 Å². The van der Waals surface area contributed by atoms with Crippen LogP contribution < -0.4 is 4.74 Å². The molecule has 1 heterocycles. The lowest BCUT2D eigenvalue weighted by Gasteiger charge is -2.21. The Morgan fingerprint density at radius 2 is 1.93 bits per heavy atom. The number of allylic oxidation sites excluding steroid dienone is 2. The molecule has 6 heteroatoms. The Morgan fingerprint density at radius 3 is 2.39 bits per heavy atom. The molecule has 0 radical (unpaired) electrons. The fourth-order valence-electron chi connectivity index (χ4n) is 2.21. The number of hydrogen-bond donors (Lipinski definition) is 0. The first kappa shape index (κ1) is 25.4.